The number of nitrogens with one attached hydrogen (secondary N) is 1. The maximum Gasteiger partial charge on any atom is 0.243 e. The van der Waals surface area contributed by atoms with Gasteiger partial charge in [-0.1, -0.05) is 43.5 Å². The third kappa shape index (κ3) is 4.25. The third-order valence-corrected chi connectivity index (χ3v) is 5.62. The van der Waals surface area contributed by atoms with E-state index < -0.39 is 0 Å². The van der Waals surface area contributed by atoms with E-state index >= 15 is 0 Å². The van der Waals surface area contributed by atoms with E-state index in [1.807, 2.05) is 5.51 Å². The molecule has 1 aliphatic carbocycles. The Kier molecular flexibility index (Phi) is 5.50. The van der Waals surface area contributed by atoms with Gasteiger partial charge in [-0.3, -0.25) is 0 Å². The van der Waals surface area contributed by atoms with Crippen LogP contribution in [0.5, 0.6) is 0 Å². The molecule has 3 aromatic rings. The molecule has 1 fully saturated rings. The van der Waals surface area contributed by atoms with Gasteiger partial charge in [-0.15, -0.1) is 16.4 Å². The molecule has 6 heteroatoms. The van der Waals surface area contributed by atoms with Gasteiger partial charge in [-0.05, 0) is 24.3 Å². The SMILES string of the molecule is c1nc(CCNc2nncc(-c3ccc(C4CCCCC4)cc3)n2)cs1. The van der Waals surface area contributed by atoms with Crippen molar-refractivity contribution >= 4 is 17.3 Å². The van der Waals surface area contributed by atoms with Crippen LogP contribution in [0, 0.1) is 0 Å². The van der Waals surface area contributed by atoms with Crippen LogP contribution in [0.2, 0.25) is 0 Å². The number of thiazole rings is 1. The van der Waals surface area contributed by atoms with Crippen molar-refractivity contribution in [3.05, 3.63) is 52.6 Å². The first-order valence-corrected chi connectivity index (χ1v) is 10.2. The van der Waals surface area contributed by atoms with Crippen LogP contribution < -0.4 is 5.32 Å². The van der Waals surface area contributed by atoms with Crippen molar-refractivity contribution in [3.8, 4) is 11.3 Å². The second-order valence-electron chi connectivity index (χ2n) is 6.78. The minimum Gasteiger partial charge on any atom is -0.353 e. The van der Waals surface area contributed by atoms with Gasteiger partial charge in [0.2, 0.25) is 5.95 Å². The summed E-state index contributed by atoms with van der Waals surface area (Å²) in [6.45, 7) is 0.746. The maximum atomic E-state index is 4.60. The van der Waals surface area contributed by atoms with Gasteiger partial charge in [-0.25, -0.2) is 9.97 Å². The minimum atomic E-state index is 0.564. The van der Waals surface area contributed by atoms with Gasteiger partial charge in [0, 0.05) is 23.9 Å². The molecule has 0 saturated heterocycles. The van der Waals surface area contributed by atoms with E-state index in [4.69, 9.17) is 0 Å². The first-order valence-electron chi connectivity index (χ1n) is 9.29. The second kappa shape index (κ2) is 8.36. The summed E-state index contributed by atoms with van der Waals surface area (Å²) in [6, 6.07) is 8.82. The quantitative estimate of drug-likeness (QED) is 0.686. The van der Waals surface area contributed by atoms with Crippen LogP contribution in [-0.2, 0) is 6.42 Å². The van der Waals surface area contributed by atoms with E-state index in [1.54, 1.807) is 17.5 Å². The van der Waals surface area contributed by atoms with Gasteiger partial charge >= 0.3 is 0 Å². The van der Waals surface area contributed by atoms with Gasteiger partial charge in [0.1, 0.15) is 0 Å². The van der Waals surface area contributed by atoms with Crippen molar-refractivity contribution in [2.24, 2.45) is 0 Å². The Morgan fingerprint density at radius 2 is 1.92 bits per heavy atom. The highest BCUT2D eigenvalue weighted by Gasteiger charge is 2.15. The molecule has 1 aromatic carbocycles. The number of nitrogens with zero attached hydrogens (tertiary/aromatic N) is 4. The van der Waals surface area contributed by atoms with Crippen molar-refractivity contribution in [2.75, 3.05) is 11.9 Å². The number of hydrogen-bond donors (Lipinski definition) is 1. The fourth-order valence-electron chi connectivity index (χ4n) is 3.54. The molecule has 4 rings (SSSR count). The zero-order valence-corrected chi connectivity index (χ0v) is 15.6. The number of benzene rings is 1. The summed E-state index contributed by atoms with van der Waals surface area (Å²) < 4.78 is 0. The fourth-order valence-corrected chi connectivity index (χ4v) is 4.14. The Morgan fingerprint density at radius 3 is 2.69 bits per heavy atom. The largest absolute Gasteiger partial charge is 0.353 e. The number of hydrogen-bond acceptors (Lipinski definition) is 6. The van der Waals surface area contributed by atoms with Crippen LogP contribution in [0.1, 0.15) is 49.3 Å². The minimum absolute atomic E-state index is 0.564. The Bertz CT molecular complexity index is 810. The molecule has 0 spiro atoms. The monoisotopic (exact) mass is 365 g/mol. The number of aromatic nitrogens is 4. The second-order valence-corrected chi connectivity index (χ2v) is 7.50. The Morgan fingerprint density at radius 1 is 1.08 bits per heavy atom. The van der Waals surface area contributed by atoms with Crippen LogP contribution in [0.4, 0.5) is 5.95 Å². The van der Waals surface area contributed by atoms with Crippen molar-refractivity contribution in [2.45, 2.75) is 44.4 Å². The molecule has 1 aliphatic rings. The van der Waals surface area contributed by atoms with Crippen molar-refractivity contribution in [1.29, 1.82) is 0 Å². The summed E-state index contributed by atoms with van der Waals surface area (Å²) in [5.41, 5.74) is 6.33. The van der Waals surface area contributed by atoms with E-state index in [-0.39, 0.29) is 0 Å². The van der Waals surface area contributed by atoms with Crippen LogP contribution in [-0.4, -0.2) is 26.7 Å². The topological polar surface area (TPSA) is 63.6 Å². The summed E-state index contributed by atoms with van der Waals surface area (Å²) >= 11 is 1.61. The van der Waals surface area contributed by atoms with Crippen LogP contribution in [0.15, 0.2) is 41.4 Å². The lowest BCUT2D eigenvalue weighted by Crippen LogP contribution is -2.09. The standard InChI is InChI=1S/C20H23N5S/c1-2-4-15(5-3-1)16-6-8-17(9-7-16)19-12-23-25-20(24-19)21-11-10-18-13-26-14-22-18/h6-9,12-15H,1-5,10-11H2,(H,21,24,25). The van der Waals surface area contributed by atoms with E-state index in [9.17, 15) is 0 Å². The van der Waals surface area contributed by atoms with Gasteiger partial charge in [0.05, 0.1) is 23.1 Å². The fraction of sp³-hybridized carbons (Fsp3) is 0.400. The summed E-state index contributed by atoms with van der Waals surface area (Å²) in [6.07, 6.45) is 9.33. The van der Waals surface area contributed by atoms with Crippen LogP contribution >= 0.6 is 11.3 Å². The lowest BCUT2D eigenvalue weighted by atomic mass is 9.84. The Balaban J connectivity index is 1.40. The molecule has 0 unspecified atom stereocenters. The van der Waals surface area contributed by atoms with E-state index in [0.717, 1.165) is 35.8 Å². The van der Waals surface area contributed by atoms with Crippen molar-refractivity contribution < 1.29 is 0 Å². The highest BCUT2D eigenvalue weighted by molar-refractivity contribution is 7.07. The molecule has 2 aromatic heterocycles. The molecule has 0 aliphatic heterocycles. The predicted octanol–water partition coefficient (Wildman–Crippen LogP) is 4.70. The van der Waals surface area contributed by atoms with Crippen molar-refractivity contribution in [3.63, 3.8) is 0 Å². The molecular weight excluding hydrogens is 342 g/mol. The van der Waals surface area contributed by atoms with E-state index in [2.05, 4.69) is 55.1 Å². The van der Waals surface area contributed by atoms with Crippen LogP contribution in [0.3, 0.4) is 0 Å². The predicted molar refractivity (Wildman–Crippen MR) is 105 cm³/mol. The van der Waals surface area contributed by atoms with E-state index in [0.29, 0.717) is 5.95 Å². The maximum absolute atomic E-state index is 4.60. The molecular formula is C20H23N5S. The number of anilines is 1. The lowest BCUT2D eigenvalue weighted by molar-refractivity contribution is 0.443. The third-order valence-electron chi connectivity index (χ3n) is 4.99. The molecule has 134 valence electrons. The highest BCUT2D eigenvalue weighted by atomic mass is 32.1. The summed E-state index contributed by atoms with van der Waals surface area (Å²) in [5, 5.41) is 13.5. The normalized spacial score (nSPS) is 15.1. The molecule has 0 radical (unpaired) electrons. The molecule has 5 nitrogen and oxygen atoms in total. The van der Waals surface area contributed by atoms with Crippen LogP contribution in [0.25, 0.3) is 11.3 Å². The summed E-state index contributed by atoms with van der Waals surface area (Å²) in [7, 11) is 0. The van der Waals surface area contributed by atoms with Gasteiger partial charge in [-0.2, -0.15) is 5.10 Å². The van der Waals surface area contributed by atoms with Crippen molar-refractivity contribution in [1.82, 2.24) is 20.2 Å². The number of rotatable bonds is 6. The molecule has 1 saturated carbocycles. The summed E-state index contributed by atoms with van der Waals surface area (Å²) in [5.74, 6) is 1.29. The van der Waals surface area contributed by atoms with E-state index in [1.165, 1.54) is 37.7 Å². The first kappa shape index (κ1) is 17.1. The smallest absolute Gasteiger partial charge is 0.243 e. The summed E-state index contributed by atoms with van der Waals surface area (Å²) in [4.78, 5) is 8.88. The molecule has 1 N–H and O–H groups in total. The highest BCUT2D eigenvalue weighted by Crippen LogP contribution is 2.33. The first-order chi connectivity index (χ1) is 12.9. The molecule has 2 heterocycles. The molecule has 0 bridgehead atoms. The van der Waals surface area contributed by atoms with Gasteiger partial charge < -0.3 is 5.32 Å². The average Bonchev–Trinajstić information content (AvgIpc) is 3.23. The molecule has 0 amide bonds. The zero-order chi connectivity index (χ0) is 17.6. The van der Waals surface area contributed by atoms with Gasteiger partial charge in [0.15, 0.2) is 0 Å². The Labute approximate surface area is 157 Å². The average molecular weight is 366 g/mol. The zero-order valence-electron chi connectivity index (χ0n) is 14.8. The Hall–Kier alpha value is -2.34. The van der Waals surface area contributed by atoms with Gasteiger partial charge in [0.25, 0.3) is 0 Å². The molecule has 0 atom stereocenters. The lowest BCUT2D eigenvalue weighted by Gasteiger charge is -2.22. The molecule has 26 heavy (non-hydrogen) atoms.